The Balaban J connectivity index is 2.17. The minimum Gasteiger partial charge on any atom is -0.376 e. The normalized spacial score (nSPS) is 9.33. The topological polar surface area (TPSA) is 58.0 Å². The van der Waals surface area contributed by atoms with Gasteiger partial charge in [-0.3, -0.25) is 0 Å². The molecule has 0 saturated carbocycles. The standard InChI is InChI=1S/C11H13N3O/c1-10(13-14-12)7-8-15-9-11-5-3-2-4-6-11/h2-6H,1,7-9H2. The minimum atomic E-state index is 0.505. The molecule has 0 atom stereocenters. The van der Waals surface area contributed by atoms with Crippen LogP contribution >= 0.6 is 0 Å². The Morgan fingerprint density at radius 1 is 1.40 bits per heavy atom. The highest BCUT2D eigenvalue weighted by molar-refractivity contribution is 5.13. The quantitative estimate of drug-likeness (QED) is 0.302. The molecule has 0 aliphatic carbocycles. The maximum atomic E-state index is 8.13. The zero-order valence-electron chi connectivity index (χ0n) is 8.47. The van der Waals surface area contributed by atoms with Gasteiger partial charge in [0.1, 0.15) is 0 Å². The predicted molar refractivity (Wildman–Crippen MR) is 59.0 cm³/mol. The summed E-state index contributed by atoms with van der Waals surface area (Å²) in [7, 11) is 0. The van der Waals surface area contributed by atoms with E-state index in [0.717, 1.165) is 5.56 Å². The molecule has 0 radical (unpaired) electrons. The van der Waals surface area contributed by atoms with Gasteiger partial charge in [0.25, 0.3) is 0 Å². The lowest BCUT2D eigenvalue weighted by Crippen LogP contribution is -1.95. The number of hydrogen-bond acceptors (Lipinski definition) is 2. The second-order valence-corrected chi connectivity index (χ2v) is 3.04. The van der Waals surface area contributed by atoms with Gasteiger partial charge in [-0.05, 0) is 17.5 Å². The summed E-state index contributed by atoms with van der Waals surface area (Å²) >= 11 is 0. The summed E-state index contributed by atoms with van der Waals surface area (Å²) in [6.07, 6.45) is 0.566. The molecule has 0 aliphatic heterocycles. The Hall–Kier alpha value is -1.77. The monoisotopic (exact) mass is 203 g/mol. The van der Waals surface area contributed by atoms with Crippen molar-refractivity contribution in [2.45, 2.75) is 13.0 Å². The lowest BCUT2D eigenvalue weighted by atomic mass is 10.2. The average Bonchev–Trinajstić information content (AvgIpc) is 2.26. The molecule has 1 aromatic carbocycles. The fourth-order valence-electron chi connectivity index (χ4n) is 1.07. The fourth-order valence-corrected chi connectivity index (χ4v) is 1.07. The van der Waals surface area contributed by atoms with Gasteiger partial charge < -0.3 is 4.74 Å². The summed E-state index contributed by atoms with van der Waals surface area (Å²) < 4.78 is 5.39. The molecule has 0 spiro atoms. The third kappa shape index (κ3) is 4.86. The molecule has 0 aliphatic rings. The van der Waals surface area contributed by atoms with Gasteiger partial charge in [0.15, 0.2) is 0 Å². The highest BCUT2D eigenvalue weighted by atomic mass is 16.5. The lowest BCUT2D eigenvalue weighted by molar-refractivity contribution is 0.123. The van der Waals surface area contributed by atoms with Crippen LogP contribution in [-0.4, -0.2) is 6.61 Å². The zero-order chi connectivity index (χ0) is 10.9. The molecule has 0 heterocycles. The number of ether oxygens (including phenoxy) is 1. The summed E-state index contributed by atoms with van der Waals surface area (Å²) in [4.78, 5) is 2.64. The Bertz CT molecular complexity index is 355. The van der Waals surface area contributed by atoms with E-state index in [2.05, 4.69) is 16.6 Å². The van der Waals surface area contributed by atoms with Crippen molar-refractivity contribution in [1.82, 2.24) is 0 Å². The minimum absolute atomic E-state index is 0.505. The van der Waals surface area contributed by atoms with Crippen molar-refractivity contribution >= 4 is 0 Å². The molecule has 0 bridgehead atoms. The molecule has 4 heteroatoms. The van der Waals surface area contributed by atoms with E-state index in [1.165, 1.54) is 0 Å². The molecular formula is C11H13N3O. The van der Waals surface area contributed by atoms with Crippen molar-refractivity contribution in [3.63, 3.8) is 0 Å². The van der Waals surface area contributed by atoms with Gasteiger partial charge in [-0.2, -0.15) is 0 Å². The SMILES string of the molecule is C=C(CCOCc1ccccc1)N=[N+]=[N-]. The van der Waals surface area contributed by atoms with Crippen molar-refractivity contribution < 1.29 is 4.74 Å². The zero-order valence-corrected chi connectivity index (χ0v) is 8.47. The van der Waals surface area contributed by atoms with E-state index in [9.17, 15) is 0 Å². The van der Waals surface area contributed by atoms with E-state index in [1.807, 2.05) is 30.3 Å². The Labute approximate surface area is 88.8 Å². The third-order valence-electron chi connectivity index (χ3n) is 1.83. The molecule has 0 fully saturated rings. The van der Waals surface area contributed by atoms with Crippen LogP contribution in [0.4, 0.5) is 0 Å². The van der Waals surface area contributed by atoms with Crippen LogP contribution in [0.3, 0.4) is 0 Å². The van der Waals surface area contributed by atoms with Crippen molar-refractivity contribution in [2.75, 3.05) is 6.61 Å². The fraction of sp³-hybridized carbons (Fsp3) is 0.273. The molecule has 15 heavy (non-hydrogen) atoms. The van der Waals surface area contributed by atoms with E-state index >= 15 is 0 Å². The van der Waals surface area contributed by atoms with Gasteiger partial charge in [-0.15, -0.1) is 0 Å². The van der Waals surface area contributed by atoms with Crippen molar-refractivity contribution in [3.05, 3.63) is 58.6 Å². The number of benzene rings is 1. The van der Waals surface area contributed by atoms with Gasteiger partial charge >= 0.3 is 0 Å². The first kappa shape index (κ1) is 11.3. The van der Waals surface area contributed by atoms with Crippen molar-refractivity contribution in [1.29, 1.82) is 0 Å². The van der Waals surface area contributed by atoms with Crippen LogP contribution in [0.25, 0.3) is 10.4 Å². The maximum Gasteiger partial charge on any atom is 0.0717 e. The Morgan fingerprint density at radius 2 is 2.13 bits per heavy atom. The first-order valence-electron chi connectivity index (χ1n) is 4.67. The summed E-state index contributed by atoms with van der Waals surface area (Å²) in [5, 5.41) is 3.38. The van der Waals surface area contributed by atoms with Crippen LogP contribution in [0.1, 0.15) is 12.0 Å². The predicted octanol–water partition coefficient (Wildman–Crippen LogP) is 3.42. The molecule has 1 rings (SSSR count). The summed E-state index contributed by atoms with van der Waals surface area (Å²) in [6, 6.07) is 9.91. The van der Waals surface area contributed by atoms with Crippen molar-refractivity contribution in [3.8, 4) is 0 Å². The molecule has 0 saturated heterocycles. The van der Waals surface area contributed by atoms with E-state index in [1.54, 1.807) is 0 Å². The van der Waals surface area contributed by atoms with Crippen LogP contribution in [0.5, 0.6) is 0 Å². The van der Waals surface area contributed by atoms with Crippen LogP contribution in [0.2, 0.25) is 0 Å². The average molecular weight is 203 g/mol. The molecule has 0 aromatic heterocycles. The van der Waals surface area contributed by atoms with E-state index < -0.39 is 0 Å². The summed E-state index contributed by atoms with van der Waals surface area (Å²) in [5.74, 6) is 0. The number of azide groups is 1. The Morgan fingerprint density at radius 3 is 2.80 bits per heavy atom. The van der Waals surface area contributed by atoms with Crippen LogP contribution in [0, 0.1) is 0 Å². The van der Waals surface area contributed by atoms with Gasteiger partial charge in [0.2, 0.25) is 0 Å². The highest BCUT2D eigenvalue weighted by Crippen LogP contribution is 2.04. The number of hydrogen-bond donors (Lipinski definition) is 0. The molecule has 4 nitrogen and oxygen atoms in total. The van der Waals surface area contributed by atoms with Crippen molar-refractivity contribution in [2.24, 2.45) is 5.11 Å². The first-order chi connectivity index (χ1) is 7.33. The van der Waals surface area contributed by atoms with Gasteiger partial charge in [0, 0.05) is 10.6 Å². The number of rotatable bonds is 6. The van der Waals surface area contributed by atoms with E-state index in [0.29, 0.717) is 25.3 Å². The van der Waals surface area contributed by atoms with Gasteiger partial charge in [-0.25, -0.2) is 0 Å². The molecule has 0 amide bonds. The van der Waals surface area contributed by atoms with Gasteiger partial charge in [-0.1, -0.05) is 42.0 Å². The second kappa shape index (κ2) is 6.65. The van der Waals surface area contributed by atoms with Crippen LogP contribution < -0.4 is 0 Å². The van der Waals surface area contributed by atoms with Crippen LogP contribution in [0.15, 0.2) is 47.7 Å². The maximum absolute atomic E-state index is 8.13. The molecule has 78 valence electrons. The van der Waals surface area contributed by atoms with E-state index in [-0.39, 0.29) is 0 Å². The largest absolute Gasteiger partial charge is 0.376 e. The second-order valence-electron chi connectivity index (χ2n) is 3.04. The summed E-state index contributed by atoms with van der Waals surface area (Å²) in [6.45, 7) is 4.68. The Kier molecular flexibility index (Phi) is 5.01. The highest BCUT2D eigenvalue weighted by Gasteiger charge is 1.93. The summed E-state index contributed by atoms with van der Waals surface area (Å²) in [5.41, 5.74) is 9.76. The third-order valence-corrected chi connectivity index (χ3v) is 1.83. The number of nitrogens with zero attached hydrogens (tertiary/aromatic N) is 3. The smallest absolute Gasteiger partial charge is 0.0717 e. The molecule has 0 N–H and O–H groups in total. The first-order valence-corrected chi connectivity index (χ1v) is 4.67. The lowest BCUT2D eigenvalue weighted by Gasteiger charge is -2.03. The van der Waals surface area contributed by atoms with Gasteiger partial charge in [0.05, 0.1) is 13.2 Å². The van der Waals surface area contributed by atoms with Crippen LogP contribution in [-0.2, 0) is 11.3 Å². The molecule has 0 unspecified atom stereocenters. The van der Waals surface area contributed by atoms with E-state index in [4.69, 9.17) is 10.3 Å². The molecule has 1 aromatic rings. The molecular weight excluding hydrogens is 190 g/mol.